The predicted octanol–water partition coefficient (Wildman–Crippen LogP) is 3.20. The smallest absolute Gasteiger partial charge is 0.199 e. The van der Waals surface area contributed by atoms with Crippen LogP contribution in [0.15, 0.2) is 12.1 Å². The predicted molar refractivity (Wildman–Crippen MR) is 128 cm³/mol. The summed E-state index contributed by atoms with van der Waals surface area (Å²) in [6, 6.07) is 10.1. The summed E-state index contributed by atoms with van der Waals surface area (Å²) in [5.41, 5.74) is -0.148. The first-order valence-corrected chi connectivity index (χ1v) is 10.3. The molecular weight excluding hydrogens is 484 g/mol. The van der Waals surface area contributed by atoms with Crippen molar-refractivity contribution in [3.05, 3.63) is 57.7 Å². The topological polar surface area (TPSA) is 207 Å². The Kier molecular flexibility index (Phi) is 4.40. The molecule has 0 unspecified atom stereocenters. The number of benzene rings is 2. The van der Waals surface area contributed by atoms with E-state index in [1.54, 1.807) is 24.3 Å². The second-order valence-corrected chi connectivity index (χ2v) is 7.54. The highest BCUT2D eigenvalue weighted by Gasteiger charge is 2.21. The molecule has 2 aromatic carbocycles. The second kappa shape index (κ2) is 7.77. The molecule has 0 amide bonds. The van der Waals surface area contributed by atoms with E-state index in [1.165, 1.54) is 12.1 Å². The zero-order valence-corrected chi connectivity index (χ0v) is 18.4. The van der Waals surface area contributed by atoms with Gasteiger partial charge in [-0.15, -0.1) is 0 Å². The number of nitrogens with zero attached hydrogens (tertiary/aromatic N) is 14. The number of rotatable bonds is 0. The van der Waals surface area contributed by atoms with Crippen molar-refractivity contribution in [1.29, 1.82) is 21.0 Å². The lowest BCUT2D eigenvalue weighted by Crippen LogP contribution is -2.03. The molecule has 0 aliphatic carbocycles. The maximum atomic E-state index is 9.36. The van der Waals surface area contributed by atoms with Crippen LogP contribution in [-0.4, -0.2) is 39.9 Å². The third kappa shape index (κ3) is 2.87. The van der Waals surface area contributed by atoms with Crippen LogP contribution < -0.4 is 0 Å². The normalized spacial score (nSPS) is 10.5. The van der Waals surface area contributed by atoms with Gasteiger partial charge in [0.15, 0.2) is 56.7 Å². The van der Waals surface area contributed by atoms with Crippen LogP contribution in [0.2, 0.25) is 0 Å². The van der Waals surface area contributed by atoms with Crippen molar-refractivity contribution < 1.29 is 0 Å². The van der Waals surface area contributed by atoms with Crippen molar-refractivity contribution in [2.24, 2.45) is 0 Å². The van der Waals surface area contributed by atoms with Gasteiger partial charge < -0.3 is 0 Å². The summed E-state index contributed by atoms with van der Waals surface area (Å²) in [5, 5.41) is 38.2. The summed E-state index contributed by atoms with van der Waals surface area (Å²) in [6.45, 7) is 15.0. The quantitative estimate of drug-likeness (QED) is 0.172. The Labute approximate surface area is 210 Å². The van der Waals surface area contributed by atoms with Gasteiger partial charge in [0.2, 0.25) is 0 Å². The van der Waals surface area contributed by atoms with E-state index >= 15 is 0 Å². The van der Waals surface area contributed by atoms with Gasteiger partial charge in [0, 0.05) is 0 Å². The van der Waals surface area contributed by atoms with E-state index in [0.717, 1.165) is 0 Å². The summed E-state index contributed by atoms with van der Waals surface area (Å²) in [7, 11) is 0. The average Bonchev–Trinajstić information content (AvgIpc) is 2.97. The first kappa shape index (κ1) is 21.5. The van der Waals surface area contributed by atoms with E-state index in [0.29, 0.717) is 10.8 Å². The van der Waals surface area contributed by atoms with Crippen LogP contribution in [0.5, 0.6) is 0 Å². The SMILES string of the molecule is [C-]#[N+]c1cc2c(cc1[N+]#[C-])c1nc3nc(C#N)c(C#N)nc3nc1c1nc3nc(C#N)c(C#N)nc3nc21. The molecule has 0 N–H and O–H groups in total. The Morgan fingerprint density at radius 2 is 0.763 bits per heavy atom. The third-order valence-corrected chi connectivity index (χ3v) is 5.55. The van der Waals surface area contributed by atoms with Crippen LogP contribution >= 0.6 is 0 Å². The van der Waals surface area contributed by atoms with Crippen molar-refractivity contribution in [2.45, 2.75) is 0 Å². The number of fused-ring (bicyclic) bond motifs is 8. The van der Waals surface area contributed by atoms with Crippen LogP contribution in [0.3, 0.4) is 0 Å². The molecule has 168 valence electrons. The van der Waals surface area contributed by atoms with Crippen molar-refractivity contribution in [2.75, 3.05) is 0 Å². The van der Waals surface area contributed by atoms with Crippen molar-refractivity contribution in [3.8, 4) is 24.3 Å². The van der Waals surface area contributed by atoms with Gasteiger partial charge in [0.05, 0.1) is 13.1 Å². The van der Waals surface area contributed by atoms with Crippen molar-refractivity contribution in [1.82, 2.24) is 39.9 Å². The fraction of sp³-hybridized carbons (Fsp3) is 0. The molecule has 0 spiro atoms. The lowest BCUT2D eigenvalue weighted by molar-refractivity contribution is 1.14. The van der Waals surface area contributed by atoms with Crippen molar-refractivity contribution >= 4 is 66.8 Å². The highest BCUT2D eigenvalue weighted by atomic mass is 15.0. The van der Waals surface area contributed by atoms with Gasteiger partial charge in [0.25, 0.3) is 0 Å². The maximum absolute atomic E-state index is 9.36. The Balaban J connectivity index is 1.90. The average molecular weight is 486 g/mol. The second-order valence-electron chi connectivity index (χ2n) is 7.54. The third-order valence-electron chi connectivity index (χ3n) is 5.55. The zero-order valence-electron chi connectivity index (χ0n) is 18.4. The summed E-state index contributed by atoms with van der Waals surface area (Å²) in [6.07, 6.45) is 0. The van der Waals surface area contributed by atoms with E-state index in [2.05, 4.69) is 49.6 Å². The molecule has 4 heterocycles. The lowest BCUT2D eigenvalue weighted by Gasteiger charge is -2.11. The number of nitriles is 4. The summed E-state index contributed by atoms with van der Waals surface area (Å²) < 4.78 is 0. The summed E-state index contributed by atoms with van der Waals surface area (Å²) in [5.74, 6) is 0. The Morgan fingerprint density at radius 3 is 1.03 bits per heavy atom. The molecule has 0 bridgehead atoms. The molecule has 0 saturated heterocycles. The van der Waals surface area contributed by atoms with Crippen molar-refractivity contribution in [3.63, 3.8) is 0 Å². The molecule has 38 heavy (non-hydrogen) atoms. The van der Waals surface area contributed by atoms with E-state index in [-0.39, 0.29) is 78.8 Å². The molecule has 0 radical (unpaired) electrons. The number of aromatic nitrogens is 8. The first-order valence-electron chi connectivity index (χ1n) is 10.3. The molecule has 0 atom stereocenters. The van der Waals surface area contributed by atoms with Gasteiger partial charge in [0.1, 0.15) is 46.3 Å². The first-order chi connectivity index (χ1) is 18.5. The largest absolute Gasteiger partial charge is 0.250 e. The van der Waals surface area contributed by atoms with Crippen LogP contribution in [0.4, 0.5) is 11.4 Å². The van der Waals surface area contributed by atoms with E-state index in [4.69, 9.17) is 13.1 Å². The fourth-order valence-electron chi connectivity index (χ4n) is 3.94. The molecule has 6 aromatic rings. The minimum Gasteiger partial charge on any atom is -0.250 e. The van der Waals surface area contributed by atoms with Gasteiger partial charge in [-0.1, -0.05) is 12.1 Å². The van der Waals surface area contributed by atoms with Crippen LogP contribution in [0.25, 0.3) is 65.1 Å². The van der Waals surface area contributed by atoms with Crippen LogP contribution in [-0.2, 0) is 0 Å². The fourth-order valence-corrected chi connectivity index (χ4v) is 3.94. The highest BCUT2D eigenvalue weighted by molar-refractivity contribution is 6.23. The highest BCUT2D eigenvalue weighted by Crippen LogP contribution is 2.39. The molecule has 0 saturated carbocycles. The Bertz CT molecular complexity index is 2200. The monoisotopic (exact) mass is 486 g/mol. The van der Waals surface area contributed by atoms with Gasteiger partial charge >= 0.3 is 0 Å². The summed E-state index contributed by atoms with van der Waals surface area (Å²) >= 11 is 0. The molecular formula is C24H2N14. The van der Waals surface area contributed by atoms with Gasteiger partial charge in [-0.2, -0.15) is 21.0 Å². The number of hydrogen-bond acceptors (Lipinski definition) is 12. The molecule has 0 aliphatic heterocycles. The molecule has 4 aromatic heterocycles. The Hall–Kier alpha value is -7.00. The van der Waals surface area contributed by atoms with E-state index < -0.39 is 0 Å². The van der Waals surface area contributed by atoms with Gasteiger partial charge in [-0.05, 0) is 10.8 Å². The maximum Gasteiger partial charge on any atom is 0.199 e. The Morgan fingerprint density at radius 1 is 0.474 bits per heavy atom. The molecule has 14 nitrogen and oxygen atoms in total. The van der Waals surface area contributed by atoms with Gasteiger partial charge in [-0.25, -0.2) is 39.9 Å². The summed E-state index contributed by atoms with van der Waals surface area (Å²) in [4.78, 5) is 41.4. The van der Waals surface area contributed by atoms with E-state index in [1.807, 2.05) is 0 Å². The lowest BCUT2D eigenvalue weighted by atomic mass is 10.0. The standard InChI is InChI=1S/C24H2N14/c1-29-11-3-9-10(4-12(11)30-2)18-20(38-24-22(36-18)32-14(6-26)16(8-28)34-24)19-17(9)35-21-23(37-19)33-15(7-27)13(5-25)31-21/h3-4H. The minimum absolute atomic E-state index is 0.0220. The van der Waals surface area contributed by atoms with E-state index in [9.17, 15) is 21.0 Å². The molecule has 0 aliphatic rings. The molecule has 6 rings (SSSR count). The van der Waals surface area contributed by atoms with Crippen LogP contribution in [0, 0.1) is 58.5 Å². The zero-order chi connectivity index (χ0) is 26.6. The number of hydrogen-bond donors (Lipinski definition) is 0. The van der Waals surface area contributed by atoms with Gasteiger partial charge in [-0.3, -0.25) is 9.69 Å². The van der Waals surface area contributed by atoms with Crippen LogP contribution in [0.1, 0.15) is 22.8 Å². The molecule has 14 heteroatoms. The minimum atomic E-state index is -0.235. The molecule has 0 fully saturated rings.